The van der Waals surface area contributed by atoms with Gasteiger partial charge in [0.1, 0.15) is 6.10 Å². The van der Waals surface area contributed by atoms with Crippen LogP contribution in [-0.2, 0) is 23.8 Å². The van der Waals surface area contributed by atoms with E-state index in [1.165, 1.54) is 0 Å². The monoisotopic (exact) mass is 272 g/mol. The third-order valence-electron chi connectivity index (χ3n) is 2.60. The molecule has 0 aromatic carbocycles. The molecule has 0 aromatic heterocycles. The Morgan fingerprint density at radius 3 is 2.24 bits per heavy atom. The maximum atomic E-state index is 13.2. The Morgan fingerprint density at radius 2 is 1.76 bits per heavy atom. The Hall–Kier alpha value is -0.760. The summed E-state index contributed by atoms with van der Waals surface area (Å²) in [5.74, 6) is -2.06. The van der Waals surface area contributed by atoms with Crippen LogP contribution in [0.3, 0.4) is 0 Å². The first-order chi connectivity index (χ1) is 7.81. The highest BCUT2D eigenvalue weighted by molar-refractivity contribution is 7.88. The number of carbonyl (C=O) groups is 1. The van der Waals surface area contributed by atoms with Crippen LogP contribution in [0.4, 0.5) is 8.78 Å². The molecule has 0 aromatic rings. The van der Waals surface area contributed by atoms with E-state index in [2.05, 4.69) is 8.92 Å². The Kier molecular flexibility index (Phi) is 4.42. The van der Waals surface area contributed by atoms with Crippen molar-refractivity contribution in [1.29, 1.82) is 0 Å². The van der Waals surface area contributed by atoms with Crippen molar-refractivity contribution in [3.63, 3.8) is 0 Å². The van der Waals surface area contributed by atoms with E-state index in [0.717, 1.165) is 19.3 Å². The number of carbonyl (C=O) groups excluding carboxylic acids is 1. The van der Waals surface area contributed by atoms with Gasteiger partial charge in [-0.05, 0) is 25.7 Å². The molecule has 8 heteroatoms. The van der Waals surface area contributed by atoms with Crippen molar-refractivity contribution in [2.24, 2.45) is 0 Å². The fourth-order valence-electron chi connectivity index (χ4n) is 1.61. The van der Waals surface area contributed by atoms with Crippen LogP contribution in [0, 0.1) is 0 Å². The molecule has 5 nitrogen and oxygen atoms in total. The minimum Gasteiger partial charge on any atom is -0.457 e. The topological polar surface area (TPSA) is 69.7 Å². The van der Waals surface area contributed by atoms with Crippen LogP contribution in [0.15, 0.2) is 0 Å². The second-order valence-electron chi connectivity index (χ2n) is 3.80. The second kappa shape index (κ2) is 5.26. The van der Waals surface area contributed by atoms with Crippen molar-refractivity contribution in [3.8, 4) is 0 Å². The summed E-state index contributed by atoms with van der Waals surface area (Å²) < 4.78 is 56.1. The molecule has 1 saturated carbocycles. The van der Waals surface area contributed by atoms with Gasteiger partial charge in [-0.25, -0.2) is 4.79 Å². The third-order valence-corrected chi connectivity index (χ3v) is 3.83. The van der Waals surface area contributed by atoms with Gasteiger partial charge in [0, 0.05) is 0 Å². The van der Waals surface area contributed by atoms with E-state index in [1.807, 2.05) is 0 Å². The largest absolute Gasteiger partial charge is 0.466 e. The Bertz CT molecular complexity index is 373. The van der Waals surface area contributed by atoms with Gasteiger partial charge in [-0.15, -0.1) is 0 Å². The van der Waals surface area contributed by atoms with E-state index < -0.39 is 27.4 Å². The molecule has 0 saturated heterocycles. The molecule has 1 aliphatic rings. The van der Waals surface area contributed by atoms with E-state index in [4.69, 9.17) is 0 Å². The molecule has 0 spiro atoms. The Balaban J connectivity index is 2.68. The normalized spacial score (nSPS) is 19.0. The highest BCUT2D eigenvalue weighted by Crippen LogP contribution is 2.28. The van der Waals surface area contributed by atoms with E-state index in [-0.39, 0.29) is 0 Å². The van der Waals surface area contributed by atoms with Crippen molar-refractivity contribution in [3.05, 3.63) is 0 Å². The lowest BCUT2D eigenvalue weighted by Crippen LogP contribution is -2.41. The summed E-state index contributed by atoms with van der Waals surface area (Å²) in [6.45, 7) is 0. The average molecular weight is 272 g/mol. The molecule has 100 valence electrons. The predicted molar refractivity (Wildman–Crippen MR) is 53.8 cm³/mol. The SMILES string of the molecule is COS(=O)(=O)C(F)(F)C(=O)OC1CCCCC1. The van der Waals surface area contributed by atoms with Crippen molar-refractivity contribution < 1.29 is 30.9 Å². The number of alkyl halides is 2. The molecule has 0 N–H and O–H groups in total. The van der Waals surface area contributed by atoms with Crippen LogP contribution in [0.1, 0.15) is 32.1 Å². The van der Waals surface area contributed by atoms with Crippen LogP contribution in [0.5, 0.6) is 0 Å². The molecule has 1 aliphatic carbocycles. The van der Waals surface area contributed by atoms with Crippen molar-refractivity contribution in [2.75, 3.05) is 7.11 Å². The molecule has 1 rings (SSSR count). The number of hydrogen-bond donors (Lipinski definition) is 0. The van der Waals surface area contributed by atoms with E-state index in [9.17, 15) is 22.0 Å². The fraction of sp³-hybridized carbons (Fsp3) is 0.889. The zero-order valence-electron chi connectivity index (χ0n) is 9.32. The number of esters is 1. The van der Waals surface area contributed by atoms with Crippen LogP contribution in [0.2, 0.25) is 0 Å². The third kappa shape index (κ3) is 3.12. The Morgan fingerprint density at radius 1 is 1.24 bits per heavy atom. The van der Waals surface area contributed by atoms with Crippen LogP contribution < -0.4 is 0 Å². The molecule has 0 heterocycles. The second-order valence-corrected chi connectivity index (χ2v) is 5.56. The van der Waals surface area contributed by atoms with Gasteiger partial charge in [0.05, 0.1) is 7.11 Å². The zero-order valence-corrected chi connectivity index (χ0v) is 10.1. The zero-order chi connectivity index (χ0) is 13.1. The molecule has 0 atom stereocenters. The summed E-state index contributed by atoms with van der Waals surface area (Å²) in [6, 6.07) is 0. The maximum absolute atomic E-state index is 13.2. The van der Waals surface area contributed by atoms with Crippen molar-refractivity contribution >= 4 is 16.1 Å². The van der Waals surface area contributed by atoms with Gasteiger partial charge in [-0.1, -0.05) is 6.42 Å². The number of ether oxygens (including phenoxy) is 1. The molecule has 0 radical (unpaired) electrons. The van der Waals surface area contributed by atoms with Gasteiger partial charge in [0.2, 0.25) is 0 Å². The lowest BCUT2D eigenvalue weighted by Gasteiger charge is -2.23. The molecule has 17 heavy (non-hydrogen) atoms. The van der Waals surface area contributed by atoms with Gasteiger partial charge in [0.15, 0.2) is 0 Å². The first-order valence-corrected chi connectivity index (χ1v) is 6.61. The summed E-state index contributed by atoms with van der Waals surface area (Å²) in [7, 11) is -4.69. The molecule has 0 bridgehead atoms. The van der Waals surface area contributed by atoms with Gasteiger partial charge in [-0.2, -0.15) is 17.2 Å². The molecular formula is C9H14F2O5S. The minimum atomic E-state index is -5.26. The highest BCUT2D eigenvalue weighted by atomic mass is 32.2. The van der Waals surface area contributed by atoms with E-state index >= 15 is 0 Å². The Labute approximate surface area is 98.2 Å². The average Bonchev–Trinajstić information content (AvgIpc) is 2.30. The maximum Gasteiger partial charge on any atom is 0.466 e. The van der Waals surface area contributed by atoms with Gasteiger partial charge < -0.3 is 4.74 Å². The van der Waals surface area contributed by atoms with Gasteiger partial charge >= 0.3 is 21.3 Å². The molecule has 1 fully saturated rings. The molecule has 0 amide bonds. The minimum absolute atomic E-state index is 0.481. The van der Waals surface area contributed by atoms with E-state index in [0.29, 0.717) is 20.0 Å². The summed E-state index contributed by atoms with van der Waals surface area (Å²) in [5, 5.41) is -4.65. The predicted octanol–water partition coefficient (Wildman–Crippen LogP) is 1.43. The first kappa shape index (κ1) is 14.3. The smallest absolute Gasteiger partial charge is 0.457 e. The summed E-state index contributed by atoms with van der Waals surface area (Å²) in [6.07, 6.45) is 2.85. The highest BCUT2D eigenvalue weighted by Gasteiger charge is 2.56. The fourth-order valence-corrected chi connectivity index (χ4v) is 2.07. The van der Waals surface area contributed by atoms with Crippen LogP contribution in [-0.4, -0.2) is 32.9 Å². The number of rotatable bonds is 4. The lowest BCUT2D eigenvalue weighted by molar-refractivity contribution is -0.168. The first-order valence-electron chi connectivity index (χ1n) is 5.20. The standard InChI is InChI=1S/C9H14F2O5S/c1-15-17(13,14)9(10,11)8(12)16-7-5-3-2-4-6-7/h7H,2-6H2,1H3. The van der Waals surface area contributed by atoms with Crippen LogP contribution >= 0.6 is 0 Å². The lowest BCUT2D eigenvalue weighted by atomic mass is 9.98. The van der Waals surface area contributed by atoms with Crippen molar-refractivity contribution in [1.82, 2.24) is 0 Å². The number of hydrogen-bond acceptors (Lipinski definition) is 5. The molecule has 0 unspecified atom stereocenters. The summed E-state index contributed by atoms with van der Waals surface area (Å²) >= 11 is 0. The van der Waals surface area contributed by atoms with Crippen LogP contribution in [0.25, 0.3) is 0 Å². The van der Waals surface area contributed by atoms with Gasteiger partial charge in [0.25, 0.3) is 0 Å². The molecular weight excluding hydrogens is 258 g/mol. The molecule has 0 aliphatic heterocycles. The quantitative estimate of drug-likeness (QED) is 0.572. The van der Waals surface area contributed by atoms with Crippen molar-refractivity contribution in [2.45, 2.75) is 43.5 Å². The number of halogens is 2. The van der Waals surface area contributed by atoms with Gasteiger partial charge in [-0.3, -0.25) is 4.18 Å². The van der Waals surface area contributed by atoms with E-state index in [1.54, 1.807) is 0 Å². The summed E-state index contributed by atoms with van der Waals surface area (Å²) in [5.41, 5.74) is 0. The summed E-state index contributed by atoms with van der Waals surface area (Å²) in [4.78, 5) is 11.1.